The molecule has 5 nitrogen and oxygen atoms in total. The van der Waals surface area contributed by atoms with Crippen molar-refractivity contribution in [2.45, 2.75) is 0 Å². The molecule has 0 unspecified atom stereocenters. The van der Waals surface area contributed by atoms with Gasteiger partial charge in [-0.1, -0.05) is 18.2 Å². The van der Waals surface area contributed by atoms with Crippen LogP contribution in [-0.2, 0) is 0 Å². The van der Waals surface area contributed by atoms with Gasteiger partial charge in [0.15, 0.2) is 0 Å². The predicted molar refractivity (Wildman–Crippen MR) is 83.8 cm³/mol. The third-order valence-electron chi connectivity index (χ3n) is 3.70. The molecule has 0 aliphatic rings. The van der Waals surface area contributed by atoms with Crippen LogP contribution in [0.25, 0.3) is 33.1 Å². The van der Waals surface area contributed by atoms with E-state index < -0.39 is 5.97 Å². The lowest BCUT2D eigenvalue weighted by atomic mass is 10.0. The molecule has 5 heteroatoms. The van der Waals surface area contributed by atoms with Crippen molar-refractivity contribution in [3.63, 3.8) is 0 Å². The molecule has 0 radical (unpaired) electrons. The average Bonchev–Trinajstić information content (AvgIpc) is 2.98. The van der Waals surface area contributed by atoms with Crippen molar-refractivity contribution in [3.05, 3.63) is 60.3 Å². The Balaban J connectivity index is 2.02. The molecule has 0 amide bonds. The topological polar surface area (TPSA) is 78.9 Å². The van der Waals surface area contributed by atoms with Gasteiger partial charge in [0, 0.05) is 22.5 Å². The van der Waals surface area contributed by atoms with Crippen LogP contribution in [0, 0.1) is 0 Å². The van der Waals surface area contributed by atoms with Gasteiger partial charge in [0.1, 0.15) is 5.69 Å². The van der Waals surface area contributed by atoms with Gasteiger partial charge < -0.3 is 5.11 Å². The van der Waals surface area contributed by atoms with E-state index in [1.807, 2.05) is 36.4 Å². The maximum atomic E-state index is 11.5. The molecule has 2 N–H and O–H groups in total. The summed E-state index contributed by atoms with van der Waals surface area (Å²) in [6.07, 6.45) is 1.74. The van der Waals surface area contributed by atoms with Crippen molar-refractivity contribution < 1.29 is 9.90 Å². The van der Waals surface area contributed by atoms with Crippen molar-refractivity contribution in [2.75, 3.05) is 0 Å². The Bertz CT molecular complexity index is 1020. The smallest absolute Gasteiger partial charge is 0.336 e. The second-order valence-electron chi connectivity index (χ2n) is 5.02. The highest BCUT2D eigenvalue weighted by atomic mass is 16.4. The van der Waals surface area contributed by atoms with Gasteiger partial charge in [-0.3, -0.25) is 10.1 Å². The van der Waals surface area contributed by atoms with E-state index in [1.165, 1.54) is 0 Å². The first kappa shape index (κ1) is 12.5. The molecule has 0 saturated heterocycles. The summed E-state index contributed by atoms with van der Waals surface area (Å²) in [5.74, 6) is -0.962. The molecule has 106 valence electrons. The van der Waals surface area contributed by atoms with Crippen LogP contribution in [0.1, 0.15) is 10.4 Å². The maximum absolute atomic E-state index is 11.5. The first-order valence-corrected chi connectivity index (χ1v) is 6.79. The van der Waals surface area contributed by atoms with Crippen LogP contribution in [0.15, 0.2) is 54.7 Å². The number of carboxylic acids is 1. The van der Waals surface area contributed by atoms with Crippen LogP contribution in [0.3, 0.4) is 0 Å². The highest BCUT2D eigenvalue weighted by molar-refractivity contribution is 6.08. The Morgan fingerprint density at radius 3 is 2.86 bits per heavy atom. The number of aromatic carboxylic acids is 1. The van der Waals surface area contributed by atoms with E-state index in [0.717, 1.165) is 16.5 Å². The number of aromatic nitrogens is 3. The Hall–Kier alpha value is -3.21. The molecular weight excluding hydrogens is 278 g/mol. The average molecular weight is 289 g/mol. The molecule has 4 aromatic rings. The Kier molecular flexibility index (Phi) is 2.66. The molecule has 0 atom stereocenters. The lowest BCUT2D eigenvalue weighted by molar-refractivity contribution is 0.0699. The molecule has 22 heavy (non-hydrogen) atoms. The van der Waals surface area contributed by atoms with Crippen molar-refractivity contribution in [1.82, 2.24) is 15.2 Å². The van der Waals surface area contributed by atoms with Crippen LogP contribution in [0.4, 0.5) is 0 Å². The van der Waals surface area contributed by atoms with Crippen LogP contribution in [-0.4, -0.2) is 26.3 Å². The Morgan fingerprint density at radius 1 is 1.09 bits per heavy atom. The molecule has 2 aromatic heterocycles. The van der Waals surface area contributed by atoms with Crippen LogP contribution >= 0.6 is 0 Å². The zero-order valence-electron chi connectivity index (χ0n) is 11.4. The summed E-state index contributed by atoms with van der Waals surface area (Å²) in [5, 5.41) is 18.2. The van der Waals surface area contributed by atoms with Crippen LogP contribution in [0.5, 0.6) is 0 Å². The number of aromatic amines is 1. The first-order chi connectivity index (χ1) is 10.7. The minimum Gasteiger partial charge on any atom is -0.478 e. The summed E-state index contributed by atoms with van der Waals surface area (Å²) in [6.45, 7) is 0. The van der Waals surface area contributed by atoms with Gasteiger partial charge in [0.25, 0.3) is 0 Å². The molecule has 0 bridgehead atoms. The van der Waals surface area contributed by atoms with Crippen molar-refractivity contribution >= 4 is 27.8 Å². The number of hydrogen-bond acceptors (Lipinski definition) is 3. The summed E-state index contributed by atoms with van der Waals surface area (Å²) < 4.78 is 0. The number of rotatable bonds is 2. The molecular formula is C17H11N3O2. The molecule has 0 spiro atoms. The normalized spacial score (nSPS) is 11.1. The number of H-pyrrole nitrogens is 1. The molecule has 2 heterocycles. The monoisotopic (exact) mass is 289 g/mol. The lowest BCUT2D eigenvalue weighted by Gasteiger charge is -2.03. The number of carboxylic acid groups (broad SMARTS) is 1. The molecule has 0 fully saturated rings. The minimum atomic E-state index is -0.962. The van der Waals surface area contributed by atoms with Crippen LogP contribution < -0.4 is 0 Å². The fraction of sp³-hybridized carbons (Fsp3) is 0. The second kappa shape index (κ2) is 4.66. The molecule has 0 aliphatic carbocycles. The minimum absolute atomic E-state index is 0.243. The van der Waals surface area contributed by atoms with Gasteiger partial charge in [-0.25, -0.2) is 4.79 Å². The van der Waals surface area contributed by atoms with Gasteiger partial charge in [-0.05, 0) is 30.3 Å². The number of nitrogens with zero attached hydrogens (tertiary/aromatic N) is 2. The van der Waals surface area contributed by atoms with Gasteiger partial charge in [0.05, 0.1) is 16.6 Å². The number of benzene rings is 2. The lowest BCUT2D eigenvalue weighted by Crippen LogP contribution is -1.97. The predicted octanol–water partition coefficient (Wildman–Crippen LogP) is 3.48. The highest BCUT2D eigenvalue weighted by Crippen LogP contribution is 2.30. The molecule has 4 rings (SSSR count). The highest BCUT2D eigenvalue weighted by Gasteiger charge is 2.16. The summed E-state index contributed by atoms with van der Waals surface area (Å²) in [4.78, 5) is 15.7. The number of fused-ring (bicyclic) bond motifs is 2. The zero-order valence-corrected chi connectivity index (χ0v) is 11.4. The summed E-state index contributed by atoms with van der Waals surface area (Å²) >= 11 is 0. The SMILES string of the molecule is O=C(O)c1cccc2[nH]nc(-c3ccc4ncccc4c3)c12. The fourth-order valence-corrected chi connectivity index (χ4v) is 2.68. The van der Waals surface area contributed by atoms with Gasteiger partial charge in [-0.15, -0.1) is 0 Å². The van der Waals surface area contributed by atoms with E-state index in [-0.39, 0.29) is 5.56 Å². The van der Waals surface area contributed by atoms with Gasteiger partial charge in [0.2, 0.25) is 0 Å². The third-order valence-corrected chi connectivity index (χ3v) is 3.70. The standard InChI is InChI=1S/C17H11N3O2/c21-17(22)12-4-1-5-14-15(12)16(20-19-14)11-6-7-13-10(9-11)3-2-8-18-13/h1-9H,(H,19,20)(H,21,22). The maximum Gasteiger partial charge on any atom is 0.336 e. The number of pyridine rings is 1. The Labute approximate surface area is 125 Å². The van der Waals surface area contributed by atoms with E-state index in [2.05, 4.69) is 15.2 Å². The van der Waals surface area contributed by atoms with E-state index in [1.54, 1.807) is 18.3 Å². The molecule has 0 aliphatic heterocycles. The van der Waals surface area contributed by atoms with E-state index in [9.17, 15) is 9.90 Å². The summed E-state index contributed by atoms with van der Waals surface area (Å²) in [7, 11) is 0. The Morgan fingerprint density at radius 2 is 2.00 bits per heavy atom. The number of nitrogens with one attached hydrogen (secondary N) is 1. The molecule has 2 aromatic carbocycles. The summed E-state index contributed by atoms with van der Waals surface area (Å²) in [6, 6.07) is 14.7. The summed E-state index contributed by atoms with van der Waals surface area (Å²) in [5.41, 5.74) is 3.34. The quantitative estimate of drug-likeness (QED) is 0.592. The van der Waals surface area contributed by atoms with Crippen LogP contribution in [0.2, 0.25) is 0 Å². The first-order valence-electron chi connectivity index (χ1n) is 6.79. The zero-order chi connectivity index (χ0) is 15.1. The van der Waals surface area contributed by atoms with E-state index >= 15 is 0 Å². The van der Waals surface area contributed by atoms with Gasteiger partial charge >= 0.3 is 5.97 Å². The van der Waals surface area contributed by atoms with Crippen molar-refractivity contribution in [2.24, 2.45) is 0 Å². The second-order valence-corrected chi connectivity index (χ2v) is 5.02. The fourth-order valence-electron chi connectivity index (χ4n) is 2.68. The number of hydrogen-bond donors (Lipinski definition) is 2. The van der Waals surface area contributed by atoms with Crippen molar-refractivity contribution in [1.29, 1.82) is 0 Å². The van der Waals surface area contributed by atoms with E-state index in [0.29, 0.717) is 16.6 Å². The van der Waals surface area contributed by atoms with Gasteiger partial charge in [-0.2, -0.15) is 5.10 Å². The third kappa shape index (κ3) is 1.83. The molecule has 0 saturated carbocycles. The number of carbonyl (C=O) groups is 1. The van der Waals surface area contributed by atoms with Crippen molar-refractivity contribution in [3.8, 4) is 11.3 Å². The van der Waals surface area contributed by atoms with E-state index in [4.69, 9.17) is 0 Å². The largest absolute Gasteiger partial charge is 0.478 e.